The van der Waals surface area contributed by atoms with E-state index in [1.54, 1.807) is 6.33 Å². The molecule has 0 unspecified atom stereocenters. The van der Waals surface area contributed by atoms with Crippen LogP contribution in [0.15, 0.2) is 79.3 Å². The molecule has 0 bridgehead atoms. The first kappa shape index (κ1) is 27.3. The van der Waals surface area contributed by atoms with E-state index < -0.39 is 0 Å². The molecule has 2 aromatic carbocycles. The number of rotatable bonds is 7. The van der Waals surface area contributed by atoms with Crippen LogP contribution < -0.4 is 10.6 Å². The first-order chi connectivity index (χ1) is 19.2. The van der Waals surface area contributed by atoms with Crippen molar-refractivity contribution in [1.82, 2.24) is 24.8 Å². The second kappa shape index (κ2) is 13.7. The maximum Gasteiger partial charge on any atom is 0.142 e. The Morgan fingerprint density at radius 1 is 0.795 bits per heavy atom. The van der Waals surface area contributed by atoms with Gasteiger partial charge in [-0.2, -0.15) is 0 Å². The molecule has 2 fully saturated rings. The predicted molar refractivity (Wildman–Crippen MR) is 161 cm³/mol. The molecule has 0 spiro atoms. The van der Waals surface area contributed by atoms with Crippen molar-refractivity contribution < 1.29 is 0 Å². The van der Waals surface area contributed by atoms with E-state index in [2.05, 4.69) is 103 Å². The predicted octanol–water partition coefficient (Wildman–Crippen LogP) is 4.92. The van der Waals surface area contributed by atoms with Crippen LogP contribution >= 0.6 is 0 Å². The lowest BCUT2D eigenvalue weighted by molar-refractivity contribution is 0.180. The molecule has 4 aromatic rings. The zero-order valence-electron chi connectivity index (χ0n) is 23.3. The van der Waals surface area contributed by atoms with Crippen molar-refractivity contribution in [2.24, 2.45) is 11.7 Å². The van der Waals surface area contributed by atoms with Gasteiger partial charge in [0.2, 0.25) is 0 Å². The minimum absolute atomic E-state index is 0.532. The van der Waals surface area contributed by atoms with Crippen molar-refractivity contribution in [3.05, 3.63) is 90.4 Å². The lowest BCUT2D eigenvalue weighted by atomic mass is 9.97. The van der Waals surface area contributed by atoms with Crippen LogP contribution in [0.2, 0.25) is 0 Å². The van der Waals surface area contributed by atoms with Gasteiger partial charge in [0.05, 0.1) is 5.39 Å². The van der Waals surface area contributed by atoms with Crippen LogP contribution in [0.3, 0.4) is 0 Å². The number of fused-ring (bicyclic) bond motifs is 1. The normalized spacial score (nSPS) is 17.6. The number of likely N-dealkylation sites (tertiary alicyclic amines) is 2. The molecule has 2 aromatic heterocycles. The summed E-state index contributed by atoms with van der Waals surface area (Å²) in [6.45, 7) is 7.67. The summed E-state index contributed by atoms with van der Waals surface area (Å²) in [6, 6.07) is 24.0. The largest absolute Gasteiger partial charge is 0.356 e. The molecule has 2 aliphatic heterocycles. The van der Waals surface area contributed by atoms with Gasteiger partial charge in [-0.3, -0.25) is 9.80 Å². The number of nitrogens with zero attached hydrogens (tertiary/aromatic N) is 5. The molecule has 6 rings (SSSR count). The van der Waals surface area contributed by atoms with Crippen LogP contribution in [0.1, 0.15) is 36.8 Å². The zero-order chi connectivity index (χ0) is 26.9. The molecular weight excluding hydrogens is 482 g/mol. The van der Waals surface area contributed by atoms with Crippen LogP contribution in [0.25, 0.3) is 11.0 Å². The summed E-state index contributed by atoms with van der Waals surface area (Å²) in [4.78, 5) is 19.4. The molecule has 7 heteroatoms. The molecule has 0 radical (unpaired) electrons. The second-order valence-corrected chi connectivity index (χ2v) is 11.0. The van der Waals surface area contributed by atoms with Gasteiger partial charge in [0.25, 0.3) is 0 Å². The summed E-state index contributed by atoms with van der Waals surface area (Å²) < 4.78 is 0. The fourth-order valence-electron chi connectivity index (χ4n) is 5.84. The van der Waals surface area contributed by atoms with Crippen molar-refractivity contribution in [2.75, 3.05) is 44.7 Å². The Hall–Kier alpha value is -3.26. The van der Waals surface area contributed by atoms with Crippen molar-refractivity contribution in [1.29, 1.82) is 0 Å². The number of piperidine rings is 2. The molecule has 7 nitrogen and oxygen atoms in total. The molecule has 0 atom stereocenters. The van der Waals surface area contributed by atoms with Crippen LogP contribution in [-0.2, 0) is 13.1 Å². The van der Waals surface area contributed by atoms with Crippen molar-refractivity contribution in [3.8, 4) is 0 Å². The van der Waals surface area contributed by atoms with E-state index in [9.17, 15) is 0 Å². The van der Waals surface area contributed by atoms with Crippen molar-refractivity contribution in [2.45, 2.75) is 44.8 Å². The first-order valence-corrected chi connectivity index (χ1v) is 14.4. The number of hydrogen-bond acceptors (Lipinski definition) is 6. The average Bonchev–Trinajstić information content (AvgIpc) is 3.48. The van der Waals surface area contributed by atoms with Crippen molar-refractivity contribution in [3.63, 3.8) is 0 Å². The van der Waals surface area contributed by atoms with E-state index in [4.69, 9.17) is 5.73 Å². The van der Waals surface area contributed by atoms with Gasteiger partial charge in [-0.15, -0.1) is 0 Å². The summed E-state index contributed by atoms with van der Waals surface area (Å²) in [5.41, 5.74) is 9.41. The molecule has 2 aliphatic rings. The summed E-state index contributed by atoms with van der Waals surface area (Å²) >= 11 is 0. The third kappa shape index (κ3) is 7.44. The number of benzene rings is 2. The van der Waals surface area contributed by atoms with Crippen LogP contribution in [0.5, 0.6) is 0 Å². The lowest BCUT2D eigenvalue weighted by Gasteiger charge is -2.37. The van der Waals surface area contributed by atoms with Crippen LogP contribution in [-0.4, -0.2) is 70.6 Å². The molecule has 0 amide bonds. The summed E-state index contributed by atoms with van der Waals surface area (Å²) in [5, 5.41) is 1.10. The average molecular weight is 526 g/mol. The number of nitrogens with one attached hydrogen (secondary N) is 1. The van der Waals surface area contributed by atoms with E-state index in [0.29, 0.717) is 6.04 Å². The van der Waals surface area contributed by atoms with Gasteiger partial charge in [0, 0.05) is 45.5 Å². The number of aromatic nitrogens is 3. The highest BCUT2D eigenvalue weighted by Gasteiger charge is 2.24. The third-order valence-corrected chi connectivity index (χ3v) is 8.31. The Morgan fingerprint density at radius 2 is 1.36 bits per heavy atom. The Labute approximate surface area is 233 Å². The van der Waals surface area contributed by atoms with Crippen LogP contribution in [0.4, 0.5) is 5.82 Å². The number of nitrogens with two attached hydrogens (primary N) is 1. The van der Waals surface area contributed by atoms with Crippen molar-refractivity contribution >= 4 is 16.9 Å². The molecule has 2 saturated heterocycles. The van der Waals surface area contributed by atoms with Gasteiger partial charge in [-0.1, -0.05) is 60.7 Å². The first-order valence-electron chi connectivity index (χ1n) is 14.4. The number of aromatic amines is 1. The molecule has 3 N–H and O–H groups in total. The second-order valence-electron chi connectivity index (χ2n) is 11.0. The highest BCUT2D eigenvalue weighted by molar-refractivity contribution is 5.87. The SMILES string of the molecule is CN(c1ncnc2[nH]ccc12)C1CCN(Cc2ccccc2)CC1.NCC1CCN(Cc2ccccc2)CC1. The van der Waals surface area contributed by atoms with Gasteiger partial charge in [0.1, 0.15) is 17.8 Å². The molecule has 4 heterocycles. The summed E-state index contributed by atoms with van der Waals surface area (Å²) in [5.74, 6) is 1.79. The molecule has 0 aliphatic carbocycles. The third-order valence-electron chi connectivity index (χ3n) is 8.31. The molecular formula is C32H43N7. The number of H-pyrrole nitrogens is 1. The van der Waals surface area contributed by atoms with E-state index in [0.717, 1.165) is 55.5 Å². The van der Waals surface area contributed by atoms with Gasteiger partial charge < -0.3 is 15.6 Å². The van der Waals surface area contributed by atoms with E-state index in [-0.39, 0.29) is 0 Å². The monoisotopic (exact) mass is 525 g/mol. The molecule has 39 heavy (non-hydrogen) atoms. The van der Waals surface area contributed by atoms with Crippen LogP contribution in [0, 0.1) is 5.92 Å². The molecule has 206 valence electrons. The zero-order valence-corrected chi connectivity index (χ0v) is 23.3. The van der Waals surface area contributed by atoms with Gasteiger partial charge in [-0.05, 0) is 68.4 Å². The Balaban J connectivity index is 0.000000177. The van der Waals surface area contributed by atoms with Gasteiger partial charge in [0.15, 0.2) is 0 Å². The van der Waals surface area contributed by atoms with E-state index >= 15 is 0 Å². The maximum absolute atomic E-state index is 5.68. The molecule has 0 saturated carbocycles. The van der Waals surface area contributed by atoms with Gasteiger partial charge >= 0.3 is 0 Å². The minimum atomic E-state index is 0.532. The summed E-state index contributed by atoms with van der Waals surface area (Å²) in [6.07, 6.45) is 8.44. The smallest absolute Gasteiger partial charge is 0.142 e. The minimum Gasteiger partial charge on any atom is -0.356 e. The van der Waals surface area contributed by atoms with E-state index in [1.807, 2.05) is 6.20 Å². The highest BCUT2D eigenvalue weighted by atomic mass is 15.2. The Morgan fingerprint density at radius 3 is 1.92 bits per heavy atom. The lowest BCUT2D eigenvalue weighted by Crippen LogP contribution is -2.43. The number of anilines is 1. The summed E-state index contributed by atoms with van der Waals surface area (Å²) in [7, 11) is 2.16. The topological polar surface area (TPSA) is 77.3 Å². The van der Waals surface area contributed by atoms with Gasteiger partial charge in [-0.25, -0.2) is 9.97 Å². The maximum atomic E-state index is 5.68. The van der Waals surface area contributed by atoms with E-state index in [1.165, 1.54) is 49.9 Å². The number of hydrogen-bond donors (Lipinski definition) is 2. The fraction of sp³-hybridized carbons (Fsp3) is 0.438. The fourth-order valence-corrected chi connectivity index (χ4v) is 5.84. The standard InChI is InChI=1S/C19H23N5.C13H20N2/c1-23(19-17-7-10-20-18(17)21-14-22-19)16-8-11-24(12-9-16)13-15-5-3-2-4-6-15;14-10-12-6-8-15(9-7-12)11-13-4-2-1-3-5-13/h2-7,10,14,16H,8-9,11-13H2,1H3,(H,20,21,22);1-5,12H,6-11,14H2. The Kier molecular flexibility index (Phi) is 9.59. The Bertz CT molecular complexity index is 1240. The quantitative estimate of drug-likeness (QED) is 0.357. The highest BCUT2D eigenvalue weighted by Crippen LogP contribution is 2.26.